The molecule has 0 radical (unpaired) electrons. The van der Waals surface area contributed by atoms with E-state index in [9.17, 15) is 9.59 Å². The highest BCUT2D eigenvalue weighted by atomic mass is 32.2. The highest BCUT2D eigenvalue weighted by molar-refractivity contribution is 8.02. The fraction of sp³-hybridized carbons (Fsp3) is 0.385. The monoisotopic (exact) mass is 355 g/mol. The molecule has 0 bridgehead atoms. The van der Waals surface area contributed by atoms with E-state index in [1.54, 1.807) is 6.26 Å². The van der Waals surface area contributed by atoms with Gasteiger partial charge in [0.25, 0.3) is 0 Å². The number of primary amides is 1. The van der Waals surface area contributed by atoms with E-state index < -0.39 is 17.2 Å². The van der Waals surface area contributed by atoms with Gasteiger partial charge in [0.2, 0.25) is 11.0 Å². The number of imide groups is 1. The molecule has 0 saturated heterocycles. The van der Waals surface area contributed by atoms with Gasteiger partial charge in [-0.1, -0.05) is 36.9 Å². The summed E-state index contributed by atoms with van der Waals surface area (Å²) >= 11 is 2.58. The Bertz CT molecular complexity index is 656. The standard InChI is InChI=1S/C13H17N5O3S2/c1-7(2)9(10(19)16-11(14)20)22-13-18-17-12(23-13)15-6-8-4-3-5-21-8/h3-5,7,9H,6H2,1-2H3,(H,15,17)(H3,14,16,19,20)/t9-/m0/s1. The van der Waals surface area contributed by atoms with Gasteiger partial charge in [0.15, 0.2) is 4.34 Å². The Morgan fingerprint density at radius 3 is 2.83 bits per heavy atom. The Balaban J connectivity index is 1.95. The van der Waals surface area contributed by atoms with Crippen LogP contribution < -0.4 is 16.4 Å². The van der Waals surface area contributed by atoms with Crippen LogP contribution in [0, 0.1) is 5.92 Å². The molecule has 0 unspecified atom stereocenters. The van der Waals surface area contributed by atoms with Crippen molar-refractivity contribution < 1.29 is 14.0 Å². The average Bonchev–Trinajstić information content (AvgIpc) is 3.13. The molecule has 0 aliphatic heterocycles. The molecule has 0 aromatic carbocycles. The quantitative estimate of drug-likeness (QED) is 0.649. The molecular formula is C13H17N5O3S2. The van der Waals surface area contributed by atoms with Crippen molar-refractivity contribution >= 4 is 40.2 Å². The van der Waals surface area contributed by atoms with Crippen LogP contribution in [0.2, 0.25) is 0 Å². The van der Waals surface area contributed by atoms with Crippen molar-refractivity contribution in [3.8, 4) is 0 Å². The second-order valence-corrected chi connectivity index (χ2v) is 7.31. The Morgan fingerprint density at radius 1 is 1.43 bits per heavy atom. The summed E-state index contributed by atoms with van der Waals surface area (Å²) in [4.78, 5) is 22.8. The largest absolute Gasteiger partial charge is 0.467 e. The van der Waals surface area contributed by atoms with Gasteiger partial charge in [-0.25, -0.2) is 4.79 Å². The minimum Gasteiger partial charge on any atom is -0.467 e. The number of hydrogen-bond donors (Lipinski definition) is 3. The molecule has 2 aromatic rings. The molecule has 4 N–H and O–H groups in total. The molecule has 0 aliphatic carbocycles. The van der Waals surface area contributed by atoms with E-state index in [-0.39, 0.29) is 5.92 Å². The summed E-state index contributed by atoms with van der Waals surface area (Å²) in [5, 5.41) is 13.4. The first-order chi connectivity index (χ1) is 11.0. The molecule has 2 heterocycles. The van der Waals surface area contributed by atoms with E-state index in [0.29, 0.717) is 16.0 Å². The Labute approximate surface area is 141 Å². The average molecular weight is 355 g/mol. The maximum Gasteiger partial charge on any atom is 0.318 e. The third-order valence-corrected chi connectivity index (χ3v) is 5.25. The molecule has 8 nitrogen and oxygen atoms in total. The van der Waals surface area contributed by atoms with Crippen molar-refractivity contribution in [1.82, 2.24) is 15.5 Å². The van der Waals surface area contributed by atoms with Gasteiger partial charge in [0, 0.05) is 0 Å². The fourth-order valence-corrected chi connectivity index (χ4v) is 3.65. The van der Waals surface area contributed by atoms with E-state index in [2.05, 4.69) is 20.8 Å². The van der Waals surface area contributed by atoms with Gasteiger partial charge in [-0.2, -0.15) is 0 Å². The summed E-state index contributed by atoms with van der Waals surface area (Å²) in [5.41, 5.74) is 4.99. The topological polar surface area (TPSA) is 123 Å². The van der Waals surface area contributed by atoms with Crippen molar-refractivity contribution in [2.24, 2.45) is 11.7 Å². The molecule has 2 rings (SSSR count). The molecule has 0 spiro atoms. The van der Waals surface area contributed by atoms with E-state index >= 15 is 0 Å². The van der Waals surface area contributed by atoms with E-state index in [1.165, 1.54) is 23.1 Å². The lowest BCUT2D eigenvalue weighted by molar-refractivity contribution is -0.120. The van der Waals surface area contributed by atoms with Crippen LogP contribution in [0.1, 0.15) is 19.6 Å². The molecule has 0 fully saturated rings. The number of carbonyl (C=O) groups excluding carboxylic acids is 2. The van der Waals surface area contributed by atoms with Crippen LogP contribution in [0.3, 0.4) is 0 Å². The van der Waals surface area contributed by atoms with E-state index in [0.717, 1.165) is 5.76 Å². The van der Waals surface area contributed by atoms with Crippen LogP contribution in [0.4, 0.5) is 9.93 Å². The van der Waals surface area contributed by atoms with Crippen molar-refractivity contribution in [3.63, 3.8) is 0 Å². The molecule has 3 amide bonds. The predicted molar refractivity (Wildman–Crippen MR) is 88.2 cm³/mol. The smallest absolute Gasteiger partial charge is 0.318 e. The highest BCUT2D eigenvalue weighted by Crippen LogP contribution is 2.32. The Morgan fingerprint density at radius 2 is 2.22 bits per heavy atom. The molecule has 124 valence electrons. The Hall–Kier alpha value is -2.07. The molecule has 0 saturated carbocycles. The third-order valence-electron chi connectivity index (χ3n) is 2.74. The van der Waals surface area contributed by atoms with Crippen molar-refractivity contribution in [1.29, 1.82) is 0 Å². The number of anilines is 1. The fourth-order valence-electron chi connectivity index (χ4n) is 1.70. The van der Waals surface area contributed by atoms with E-state index in [1.807, 2.05) is 26.0 Å². The number of aromatic nitrogens is 2. The third kappa shape index (κ3) is 5.25. The lowest BCUT2D eigenvalue weighted by Gasteiger charge is -2.16. The molecule has 10 heteroatoms. The number of furan rings is 1. The van der Waals surface area contributed by atoms with Crippen LogP contribution in [0.25, 0.3) is 0 Å². The summed E-state index contributed by atoms with van der Waals surface area (Å²) in [6.45, 7) is 4.27. The van der Waals surface area contributed by atoms with Gasteiger partial charge in [-0.15, -0.1) is 10.2 Å². The number of carbonyl (C=O) groups is 2. The van der Waals surface area contributed by atoms with Crippen LogP contribution in [-0.2, 0) is 11.3 Å². The minimum atomic E-state index is -0.862. The number of rotatable bonds is 7. The number of nitrogens with zero attached hydrogens (tertiary/aromatic N) is 2. The zero-order chi connectivity index (χ0) is 16.8. The van der Waals surface area contributed by atoms with Crippen molar-refractivity contribution in [2.45, 2.75) is 30.0 Å². The summed E-state index contributed by atoms with van der Waals surface area (Å²) in [7, 11) is 0. The number of hydrogen-bond acceptors (Lipinski definition) is 8. The summed E-state index contributed by atoms with van der Waals surface area (Å²) in [5.74, 6) is 0.357. The van der Waals surface area contributed by atoms with Crippen molar-refractivity contribution in [2.75, 3.05) is 5.32 Å². The van der Waals surface area contributed by atoms with Gasteiger partial charge in [0.1, 0.15) is 5.76 Å². The van der Waals surface area contributed by atoms with Gasteiger partial charge < -0.3 is 15.5 Å². The minimum absolute atomic E-state index is 0.00257. The van der Waals surface area contributed by atoms with Gasteiger partial charge in [0.05, 0.1) is 18.1 Å². The van der Waals surface area contributed by atoms with Crippen LogP contribution in [0.5, 0.6) is 0 Å². The van der Waals surface area contributed by atoms with Gasteiger partial charge in [-0.05, 0) is 18.1 Å². The summed E-state index contributed by atoms with van der Waals surface area (Å²) < 4.78 is 5.85. The Kier molecular flexibility index (Phi) is 5.99. The molecule has 2 aromatic heterocycles. The predicted octanol–water partition coefficient (Wildman–Crippen LogP) is 2.05. The normalized spacial score (nSPS) is 12.1. The zero-order valence-corrected chi connectivity index (χ0v) is 14.2. The van der Waals surface area contributed by atoms with Crippen molar-refractivity contribution in [3.05, 3.63) is 24.2 Å². The molecule has 0 aliphatic rings. The number of nitrogens with one attached hydrogen (secondary N) is 2. The first-order valence-corrected chi connectivity index (χ1v) is 8.52. The lowest BCUT2D eigenvalue weighted by atomic mass is 10.1. The maximum atomic E-state index is 12.0. The first kappa shape index (κ1) is 17.3. The van der Waals surface area contributed by atoms with Crippen LogP contribution in [0.15, 0.2) is 27.2 Å². The number of urea groups is 1. The molecular weight excluding hydrogens is 338 g/mol. The molecule has 23 heavy (non-hydrogen) atoms. The zero-order valence-electron chi connectivity index (χ0n) is 12.6. The lowest BCUT2D eigenvalue weighted by Crippen LogP contribution is -2.42. The second-order valence-electron chi connectivity index (χ2n) is 4.94. The van der Waals surface area contributed by atoms with Crippen LogP contribution in [-0.4, -0.2) is 27.4 Å². The number of nitrogens with two attached hydrogens (primary N) is 1. The highest BCUT2D eigenvalue weighted by Gasteiger charge is 2.26. The van der Waals surface area contributed by atoms with Crippen LogP contribution >= 0.6 is 23.1 Å². The number of amides is 3. The summed E-state index contributed by atoms with van der Waals surface area (Å²) in [6.07, 6.45) is 1.60. The number of thioether (sulfide) groups is 1. The second kappa shape index (κ2) is 7.97. The van der Waals surface area contributed by atoms with Gasteiger partial charge in [-0.3, -0.25) is 10.1 Å². The molecule has 1 atom stereocenters. The first-order valence-electron chi connectivity index (χ1n) is 6.82. The summed E-state index contributed by atoms with van der Waals surface area (Å²) in [6, 6.07) is 2.80. The van der Waals surface area contributed by atoms with Gasteiger partial charge >= 0.3 is 6.03 Å². The van der Waals surface area contributed by atoms with E-state index in [4.69, 9.17) is 10.2 Å². The maximum absolute atomic E-state index is 12.0. The SMILES string of the molecule is CC(C)[C@H](Sc1nnc(NCc2ccco2)s1)C(=O)NC(N)=O.